The van der Waals surface area contributed by atoms with Crippen molar-refractivity contribution >= 4 is 82.4 Å². The Balaban J connectivity index is 0.00000202. The molecule has 4 aliphatic heterocycles. The van der Waals surface area contributed by atoms with Crippen LogP contribution >= 0.6 is 47.9 Å². The molecule has 5 N–H and O–H groups in total. The smallest absolute Gasteiger partial charge is 0.352 e. The minimum absolute atomic E-state index is 0. The number of anilines is 1. The van der Waals surface area contributed by atoms with Gasteiger partial charge in [-0.2, -0.15) is 0 Å². The normalized spacial score (nSPS) is 25.4. The molecule has 2 atom stereocenters. The molecule has 0 unspecified atom stereocenters. The van der Waals surface area contributed by atoms with Gasteiger partial charge in [-0.05, 0) is 43.8 Å². The van der Waals surface area contributed by atoms with Crippen molar-refractivity contribution in [2.75, 3.05) is 31.1 Å². The van der Waals surface area contributed by atoms with Crippen LogP contribution in [0.3, 0.4) is 0 Å². The predicted molar refractivity (Wildman–Crippen MR) is 162 cm³/mol. The number of β-lactam (4-membered cyclic amide) rings is 1. The van der Waals surface area contributed by atoms with Crippen molar-refractivity contribution in [3.63, 3.8) is 0 Å². The second-order valence-corrected chi connectivity index (χ2v) is 12.3. The fraction of sp³-hybridized carbons (Fsp3) is 0.520. The summed E-state index contributed by atoms with van der Waals surface area (Å²) in [5, 5.41) is 21.2. The van der Waals surface area contributed by atoms with E-state index in [1.807, 2.05) is 4.90 Å². The second kappa shape index (κ2) is 13.2. The maximum Gasteiger partial charge on any atom is 0.352 e. The van der Waals surface area contributed by atoms with Crippen molar-refractivity contribution in [3.8, 4) is 0 Å². The largest absolute Gasteiger partial charge is 0.477 e. The first kappa shape index (κ1) is 32.1. The van der Waals surface area contributed by atoms with Gasteiger partial charge in [0.1, 0.15) is 28.9 Å². The Hall–Kier alpha value is -2.85. The van der Waals surface area contributed by atoms with E-state index in [0.29, 0.717) is 24.1 Å². The number of nitrogens with zero attached hydrogens (tertiary/aromatic N) is 4. The van der Waals surface area contributed by atoms with Crippen LogP contribution in [0.1, 0.15) is 37.8 Å². The molecule has 0 aromatic carbocycles. The number of amides is 3. The molecule has 42 heavy (non-hydrogen) atoms. The van der Waals surface area contributed by atoms with Crippen LogP contribution < -0.4 is 16.4 Å². The van der Waals surface area contributed by atoms with Crippen LogP contribution in [0, 0.1) is 0 Å². The number of carboxylic acid groups (broad SMARTS) is 1. The maximum absolute atomic E-state index is 13.3. The van der Waals surface area contributed by atoms with Crippen molar-refractivity contribution in [1.29, 1.82) is 0 Å². The van der Waals surface area contributed by atoms with Crippen LogP contribution in [0.15, 0.2) is 33.5 Å². The molecule has 1 aromatic heterocycles. The zero-order chi connectivity index (χ0) is 28.0. The lowest BCUT2D eigenvalue weighted by Crippen LogP contribution is -2.71. The highest BCUT2D eigenvalue weighted by atomic mass is 35.5. The molecule has 0 radical (unpaired) electrons. The minimum atomic E-state index is -1.26. The van der Waals surface area contributed by atoms with E-state index in [0.717, 1.165) is 50.1 Å². The molecule has 0 bridgehead atoms. The summed E-state index contributed by atoms with van der Waals surface area (Å²) < 4.78 is 0. The fourth-order valence-electron chi connectivity index (χ4n) is 5.51. The summed E-state index contributed by atoms with van der Waals surface area (Å²) in [6.07, 6.45) is 5.80. The number of carboxylic acids is 1. The first-order chi connectivity index (χ1) is 19.3. The number of carbonyl (C=O) groups is 4. The zero-order valence-corrected chi connectivity index (χ0v) is 25.6. The lowest BCUT2D eigenvalue weighted by atomic mass is 10.0. The van der Waals surface area contributed by atoms with Crippen molar-refractivity contribution in [3.05, 3.63) is 34.0 Å². The molecule has 228 valence electrons. The molecule has 0 spiro atoms. The Morgan fingerprint density at radius 1 is 1.24 bits per heavy atom. The number of nitrogens with two attached hydrogens (primary N) is 1. The van der Waals surface area contributed by atoms with Crippen molar-refractivity contribution in [1.82, 2.24) is 25.4 Å². The number of thioether (sulfide) groups is 1. The molecule has 1 aromatic rings. The number of fused-ring (bicyclic) bond motifs is 1. The number of nitrogen functional groups attached to an aromatic ring is 1. The van der Waals surface area contributed by atoms with Crippen molar-refractivity contribution < 1.29 is 29.1 Å². The molecule has 5 heterocycles. The number of allylic oxidation sites excluding steroid dienone is 1. The third-order valence-electron chi connectivity index (χ3n) is 7.77. The molecular formula is C25H31Cl2N7O6S2. The lowest BCUT2D eigenvalue weighted by Gasteiger charge is -2.49. The molecule has 1 aliphatic carbocycles. The monoisotopic (exact) mass is 659 g/mol. The Labute approximate surface area is 262 Å². The molecule has 17 heteroatoms. The Bertz CT molecular complexity index is 1360. The van der Waals surface area contributed by atoms with Gasteiger partial charge in [0.25, 0.3) is 11.8 Å². The zero-order valence-electron chi connectivity index (χ0n) is 22.3. The standard InChI is InChI=1S/C25H29N7O6S2.2ClH/c26-25-28-16(11-40-25)17(30-38-15-3-1-2-4-15)20(33)29-18-22(35)32-19(24(36)37)13(10-39-23(18)32)7-12-5-6-31(21(12)34)14-8-27-9-14;;/h7,11,14-15,18,23,27H,1-6,8-10H2,(H2,26,28)(H,29,33)(H,36,37);2*1H/t18-,23-;;/m1../s1. The van der Waals surface area contributed by atoms with E-state index in [-0.39, 0.29) is 70.9 Å². The van der Waals surface area contributed by atoms with Gasteiger partial charge < -0.3 is 31.2 Å². The summed E-state index contributed by atoms with van der Waals surface area (Å²) in [5.41, 5.74) is 6.72. The fourth-order valence-corrected chi connectivity index (χ4v) is 7.36. The number of rotatable bonds is 8. The van der Waals surface area contributed by atoms with Crippen LogP contribution in [0.5, 0.6) is 0 Å². The number of halogens is 2. The highest BCUT2D eigenvalue weighted by molar-refractivity contribution is 8.00. The molecule has 6 rings (SSSR count). The molecular weight excluding hydrogens is 629 g/mol. The number of aliphatic carboxylic acids is 1. The number of hydrogen-bond acceptors (Lipinski definition) is 11. The van der Waals surface area contributed by atoms with Gasteiger partial charge in [-0.25, -0.2) is 9.78 Å². The highest BCUT2D eigenvalue weighted by Gasteiger charge is 2.54. The third-order valence-corrected chi connectivity index (χ3v) is 9.74. The summed E-state index contributed by atoms with van der Waals surface area (Å²) >= 11 is 2.49. The highest BCUT2D eigenvalue weighted by Crippen LogP contribution is 2.41. The molecule has 13 nitrogen and oxygen atoms in total. The van der Waals surface area contributed by atoms with Gasteiger partial charge in [-0.3, -0.25) is 19.3 Å². The van der Waals surface area contributed by atoms with Crippen molar-refractivity contribution in [2.45, 2.75) is 55.7 Å². The Morgan fingerprint density at radius 2 is 1.98 bits per heavy atom. The average Bonchev–Trinajstić information content (AvgIpc) is 3.65. The molecule has 3 saturated heterocycles. The van der Waals surface area contributed by atoms with E-state index in [2.05, 4.69) is 20.8 Å². The van der Waals surface area contributed by atoms with Gasteiger partial charge >= 0.3 is 5.97 Å². The van der Waals surface area contributed by atoms with E-state index in [1.165, 1.54) is 16.7 Å². The third kappa shape index (κ3) is 5.97. The van der Waals surface area contributed by atoms with Crippen LogP contribution in [0.25, 0.3) is 0 Å². The van der Waals surface area contributed by atoms with Crippen LogP contribution in [0.2, 0.25) is 0 Å². The SMILES string of the molecule is Cl.Cl.Nc1nc(C(=NOC2CCCC2)C(=O)N[C@@H]2C(=O)N3C(C(=O)O)=C(C=C4CCN(C5CNC5)C4=O)CS[C@H]23)cs1. The summed E-state index contributed by atoms with van der Waals surface area (Å²) in [4.78, 5) is 64.4. The van der Waals surface area contributed by atoms with Gasteiger partial charge in [0, 0.05) is 36.3 Å². The minimum Gasteiger partial charge on any atom is -0.477 e. The van der Waals surface area contributed by atoms with E-state index in [1.54, 1.807) is 11.5 Å². The van der Waals surface area contributed by atoms with E-state index in [4.69, 9.17) is 10.6 Å². The molecule has 4 fully saturated rings. The van der Waals surface area contributed by atoms with Gasteiger partial charge in [0.15, 0.2) is 10.8 Å². The number of oxime groups is 1. The van der Waals surface area contributed by atoms with Crippen LogP contribution in [0.4, 0.5) is 5.13 Å². The summed E-state index contributed by atoms with van der Waals surface area (Å²) in [7, 11) is 0. The Kier molecular flexibility index (Phi) is 10.1. The number of hydrogen-bond donors (Lipinski definition) is 4. The summed E-state index contributed by atoms with van der Waals surface area (Å²) in [5.74, 6) is -2.28. The first-order valence-corrected chi connectivity index (χ1v) is 15.1. The number of thiazole rings is 1. The molecule has 3 amide bonds. The van der Waals surface area contributed by atoms with E-state index in [9.17, 15) is 24.3 Å². The lowest BCUT2D eigenvalue weighted by molar-refractivity contribution is -0.150. The van der Waals surface area contributed by atoms with Gasteiger partial charge in [-0.15, -0.1) is 47.9 Å². The Morgan fingerprint density at radius 3 is 2.60 bits per heavy atom. The number of nitrogens with one attached hydrogen (secondary N) is 2. The molecule has 5 aliphatic rings. The second-order valence-electron chi connectivity index (χ2n) is 10.3. The average molecular weight is 661 g/mol. The first-order valence-electron chi connectivity index (χ1n) is 13.2. The van der Waals surface area contributed by atoms with E-state index < -0.39 is 29.2 Å². The number of carbonyl (C=O) groups excluding carboxylic acids is 3. The van der Waals surface area contributed by atoms with Gasteiger partial charge in [0.2, 0.25) is 5.91 Å². The molecule has 1 saturated carbocycles. The topological polar surface area (TPSA) is 180 Å². The van der Waals surface area contributed by atoms with Crippen LogP contribution in [-0.2, 0) is 24.0 Å². The van der Waals surface area contributed by atoms with Crippen molar-refractivity contribution in [2.24, 2.45) is 5.16 Å². The summed E-state index contributed by atoms with van der Waals surface area (Å²) in [6, 6.07) is -0.793. The van der Waals surface area contributed by atoms with Crippen LogP contribution in [-0.4, -0.2) is 98.2 Å². The predicted octanol–water partition coefficient (Wildman–Crippen LogP) is 1.10. The number of likely N-dealkylation sites (tertiary alicyclic amines) is 1. The maximum atomic E-state index is 13.3. The quantitative estimate of drug-likeness (QED) is 0.137. The number of aromatic nitrogens is 1. The van der Waals surface area contributed by atoms with Gasteiger partial charge in [0.05, 0.1) is 6.04 Å². The van der Waals surface area contributed by atoms with E-state index >= 15 is 0 Å². The van der Waals surface area contributed by atoms with Gasteiger partial charge in [-0.1, -0.05) is 5.16 Å². The summed E-state index contributed by atoms with van der Waals surface area (Å²) in [6.45, 7) is 2.10.